The molecule has 17 heavy (non-hydrogen) atoms. The van der Waals surface area contributed by atoms with E-state index < -0.39 is 0 Å². The minimum atomic E-state index is 0.114. The lowest BCUT2D eigenvalue weighted by molar-refractivity contribution is -0.120. The van der Waals surface area contributed by atoms with Gasteiger partial charge >= 0.3 is 0 Å². The SMILES string of the molecule is CCC(CC)C(=O)Nc1cccc(CNC)c1. The third kappa shape index (κ3) is 4.19. The molecular weight excluding hydrogens is 212 g/mol. The minimum Gasteiger partial charge on any atom is -0.326 e. The van der Waals surface area contributed by atoms with E-state index in [1.54, 1.807) is 0 Å². The van der Waals surface area contributed by atoms with Crippen LogP contribution >= 0.6 is 0 Å². The molecule has 0 atom stereocenters. The summed E-state index contributed by atoms with van der Waals surface area (Å²) in [5.74, 6) is 0.236. The molecular formula is C14H22N2O. The number of hydrogen-bond acceptors (Lipinski definition) is 2. The van der Waals surface area contributed by atoms with Gasteiger partial charge in [-0.15, -0.1) is 0 Å². The zero-order valence-electron chi connectivity index (χ0n) is 10.9. The van der Waals surface area contributed by atoms with Gasteiger partial charge in [0.2, 0.25) is 5.91 Å². The van der Waals surface area contributed by atoms with Crippen LogP contribution in [0.15, 0.2) is 24.3 Å². The largest absolute Gasteiger partial charge is 0.326 e. The van der Waals surface area contributed by atoms with Crippen LogP contribution in [0.25, 0.3) is 0 Å². The molecule has 94 valence electrons. The summed E-state index contributed by atoms with van der Waals surface area (Å²) in [4.78, 5) is 11.9. The number of amides is 1. The van der Waals surface area contributed by atoms with E-state index in [0.717, 1.165) is 25.1 Å². The predicted octanol–water partition coefficient (Wildman–Crippen LogP) is 2.78. The van der Waals surface area contributed by atoms with E-state index >= 15 is 0 Å². The highest BCUT2D eigenvalue weighted by Crippen LogP contribution is 2.14. The van der Waals surface area contributed by atoms with Gasteiger partial charge in [-0.25, -0.2) is 0 Å². The third-order valence-corrected chi connectivity index (χ3v) is 2.93. The molecule has 1 aromatic carbocycles. The summed E-state index contributed by atoms with van der Waals surface area (Å²) in [5.41, 5.74) is 2.06. The van der Waals surface area contributed by atoms with E-state index in [9.17, 15) is 4.79 Å². The molecule has 0 aliphatic carbocycles. The average Bonchev–Trinajstić information content (AvgIpc) is 2.31. The number of hydrogen-bond donors (Lipinski definition) is 2. The molecule has 3 nitrogen and oxygen atoms in total. The van der Waals surface area contributed by atoms with Crippen molar-refractivity contribution in [3.63, 3.8) is 0 Å². The van der Waals surface area contributed by atoms with E-state index in [4.69, 9.17) is 0 Å². The molecule has 1 aromatic rings. The molecule has 0 spiro atoms. The molecule has 0 aliphatic heterocycles. The fourth-order valence-electron chi connectivity index (χ4n) is 1.87. The molecule has 0 saturated carbocycles. The van der Waals surface area contributed by atoms with Crippen molar-refractivity contribution >= 4 is 11.6 Å². The van der Waals surface area contributed by atoms with Crippen LogP contribution < -0.4 is 10.6 Å². The van der Waals surface area contributed by atoms with Crippen LogP contribution in [-0.2, 0) is 11.3 Å². The van der Waals surface area contributed by atoms with Gasteiger partial charge in [0.25, 0.3) is 0 Å². The van der Waals surface area contributed by atoms with E-state index in [-0.39, 0.29) is 11.8 Å². The number of anilines is 1. The topological polar surface area (TPSA) is 41.1 Å². The lowest BCUT2D eigenvalue weighted by Crippen LogP contribution is -2.21. The highest BCUT2D eigenvalue weighted by atomic mass is 16.1. The van der Waals surface area contributed by atoms with Crippen LogP contribution in [0, 0.1) is 5.92 Å². The van der Waals surface area contributed by atoms with Crippen LogP contribution in [0.1, 0.15) is 32.3 Å². The normalized spacial score (nSPS) is 10.6. The van der Waals surface area contributed by atoms with Crippen LogP contribution in [0.3, 0.4) is 0 Å². The first-order valence-corrected chi connectivity index (χ1v) is 6.25. The summed E-state index contributed by atoms with van der Waals surface area (Å²) in [5, 5.41) is 6.07. The second kappa shape index (κ2) is 7.07. The standard InChI is InChI=1S/C14H22N2O/c1-4-12(5-2)14(17)16-13-8-6-7-11(9-13)10-15-3/h6-9,12,15H,4-5,10H2,1-3H3,(H,16,17). The summed E-state index contributed by atoms with van der Waals surface area (Å²) in [7, 11) is 1.91. The molecule has 3 heteroatoms. The summed E-state index contributed by atoms with van der Waals surface area (Å²) in [6, 6.07) is 7.95. The molecule has 0 aliphatic rings. The van der Waals surface area contributed by atoms with Gasteiger partial charge < -0.3 is 10.6 Å². The maximum absolute atomic E-state index is 11.9. The Balaban J connectivity index is 2.67. The number of carbonyl (C=O) groups excluding carboxylic acids is 1. The van der Waals surface area contributed by atoms with Crippen molar-refractivity contribution in [3.8, 4) is 0 Å². The number of benzene rings is 1. The van der Waals surface area contributed by atoms with Gasteiger partial charge in [-0.1, -0.05) is 26.0 Å². The summed E-state index contributed by atoms with van der Waals surface area (Å²) >= 11 is 0. The maximum Gasteiger partial charge on any atom is 0.227 e. The molecule has 1 amide bonds. The quantitative estimate of drug-likeness (QED) is 0.794. The van der Waals surface area contributed by atoms with Crippen LogP contribution in [0.4, 0.5) is 5.69 Å². The van der Waals surface area contributed by atoms with Crippen molar-refractivity contribution in [1.82, 2.24) is 5.32 Å². The maximum atomic E-state index is 11.9. The zero-order valence-corrected chi connectivity index (χ0v) is 10.9. The van der Waals surface area contributed by atoms with E-state index in [2.05, 4.69) is 10.6 Å². The van der Waals surface area contributed by atoms with E-state index in [1.165, 1.54) is 5.56 Å². The molecule has 0 aromatic heterocycles. The Kier molecular flexibility index (Phi) is 5.70. The first-order chi connectivity index (χ1) is 8.21. The van der Waals surface area contributed by atoms with E-state index in [0.29, 0.717) is 0 Å². The minimum absolute atomic E-state index is 0.114. The molecule has 0 bridgehead atoms. The Labute approximate surface area is 104 Å². The Morgan fingerprint density at radius 2 is 2.00 bits per heavy atom. The van der Waals surface area contributed by atoms with Crippen LogP contribution in [0.2, 0.25) is 0 Å². The van der Waals surface area contributed by atoms with Gasteiger partial charge in [0.1, 0.15) is 0 Å². The van der Waals surface area contributed by atoms with Gasteiger partial charge in [-0.2, -0.15) is 0 Å². The van der Waals surface area contributed by atoms with Crippen LogP contribution in [0.5, 0.6) is 0 Å². The average molecular weight is 234 g/mol. The lowest BCUT2D eigenvalue weighted by atomic mass is 10.0. The Bertz CT molecular complexity index is 359. The number of nitrogens with one attached hydrogen (secondary N) is 2. The van der Waals surface area contributed by atoms with Crippen molar-refractivity contribution in [2.45, 2.75) is 33.2 Å². The second-order valence-corrected chi connectivity index (χ2v) is 4.23. The Hall–Kier alpha value is -1.35. The van der Waals surface area contributed by atoms with Crippen molar-refractivity contribution in [3.05, 3.63) is 29.8 Å². The Morgan fingerprint density at radius 3 is 2.59 bits per heavy atom. The van der Waals surface area contributed by atoms with Crippen molar-refractivity contribution in [2.24, 2.45) is 5.92 Å². The Morgan fingerprint density at radius 1 is 1.29 bits per heavy atom. The molecule has 1 rings (SSSR count). The number of rotatable bonds is 6. The highest BCUT2D eigenvalue weighted by molar-refractivity contribution is 5.92. The molecule has 0 heterocycles. The van der Waals surface area contributed by atoms with Gasteiger partial charge in [0.05, 0.1) is 0 Å². The summed E-state index contributed by atoms with van der Waals surface area (Å²) in [6.45, 7) is 4.91. The molecule has 0 fully saturated rings. The number of carbonyl (C=O) groups is 1. The highest BCUT2D eigenvalue weighted by Gasteiger charge is 2.13. The second-order valence-electron chi connectivity index (χ2n) is 4.23. The lowest BCUT2D eigenvalue weighted by Gasteiger charge is -2.13. The fourth-order valence-corrected chi connectivity index (χ4v) is 1.87. The molecule has 0 unspecified atom stereocenters. The molecule has 0 saturated heterocycles. The first kappa shape index (κ1) is 13.7. The fraction of sp³-hybridized carbons (Fsp3) is 0.500. The monoisotopic (exact) mass is 234 g/mol. The third-order valence-electron chi connectivity index (χ3n) is 2.93. The van der Waals surface area contributed by atoms with Gasteiger partial charge in [-0.05, 0) is 37.6 Å². The van der Waals surface area contributed by atoms with Gasteiger partial charge in [0, 0.05) is 18.2 Å². The van der Waals surface area contributed by atoms with Gasteiger partial charge in [0.15, 0.2) is 0 Å². The summed E-state index contributed by atoms with van der Waals surface area (Å²) < 4.78 is 0. The van der Waals surface area contributed by atoms with Crippen molar-refractivity contribution in [1.29, 1.82) is 0 Å². The van der Waals surface area contributed by atoms with Crippen LogP contribution in [-0.4, -0.2) is 13.0 Å². The smallest absolute Gasteiger partial charge is 0.227 e. The molecule has 2 N–H and O–H groups in total. The molecule has 0 radical (unpaired) electrons. The van der Waals surface area contributed by atoms with E-state index in [1.807, 2.05) is 45.2 Å². The van der Waals surface area contributed by atoms with Crippen molar-refractivity contribution < 1.29 is 4.79 Å². The van der Waals surface area contributed by atoms with Crippen molar-refractivity contribution in [2.75, 3.05) is 12.4 Å². The first-order valence-electron chi connectivity index (χ1n) is 6.25. The summed E-state index contributed by atoms with van der Waals surface area (Å²) in [6.07, 6.45) is 1.77. The van der Waals surface area contributed by atoms with Gasteiger partial charge in [-0.3, -0.25) is 4.79 Å². The predicted molar refractivity (Wildman–Crippen MR) is 71.9 cm³/mol. The zero-order chi connectivity index (χ0) is 12.7.